The first-order chi connectivity index (χ1) is 14.6. The van der Waals surface area contributed by atoms with Crippen molar-refractivity contribution in [2.75, 3.05) is 25.5 Å². The predicted octanol–water partition coefficient (Wildman–Crippen LogP) is 2.88. The van der Waals surface area contributed by atoms with E-state index in [9.17, 15) is 27.4 Å². The number of β-amino-alcohol motifs (C(OH)–C–C–N with tert-alkyl or cyclic N) is 1. The monoisotopic (exact) mass is 476 g/mol. The first-order valence-corrected chi connectivity index (χ1v) is 11.3. The molecule has 3 N–H and O–H groups in total. The maximum absolute atomic E-state index is 14.5. The Morgan fingerprint density at radius 3 is 2.55 bits per heavy atom. The Morgan fingerprint density at radius 1 is 1.16 bits per heavy atom. The van der Waals surface area contributed by atoms with E-state index in [-0.39, 0.29) is 29.4 Å². The Balaban J connectivity index is 1.89. The van der Waals surface area contributed by atoms with Gasteiger partial charge in [0.25, 0.3) is 0 Å². The van der Waals surface area contributed by atoms with Gasteiger partial charge in [-0.2, -0.15) is 4.31 Å². The maximum Gasteiger partial charge on any atom is 0.246 e. The largest absolute Gasteiger partial charge is 0.392 e. The lowest BCUT2D eigenvalue weighted by molar-refractivity contribution is 0.0849. The van der Waals surface area contributed by atoms with Gasteiger partial charge < -0.3 is 20.3 Å². The van der Waals surface area contributed by atoms with Crippen molar-refractivity contribution in [3.05, 3.63) is 58.6 Å². The molecule has 0 spiro atoms. The van der Waals surface area contributed by atoms with Gasteiger partial charge in [0.05, 0.1) is 17.2 Å². The van der Waals surface area contributed by atoms with Crippen molar-refractivity contribution in [3.63, 3.8) is 0 Å². The van der Waals surface area contributed by atoms with Crippen molar-refractivity contribution in [3.8, 4) is 0 Å². The Labute approximate surface area is 184 Å². The van der Waals surface area contributed by atoms with Gasteiger partial charge in [0, 0.05) is 31.5 Å². The van der Waals surface area contributed by atoms with E-state index in [4.69, 9.17) is 16.3 Å². The number of anilines is 1. The number of rotatable bonds is 6. The van der Waals surface area contributed by atoms with Crippen LogP contribution in [0.4, 0.5) is 14.5 Å². The van der Waals surface area contributed by atoms with Crippen LogP contribution in [0.25, 0.3) is 0 Å². The first-order valence-electron chi connectivity index (χ1n) is 9.52. The summed E-state index contributed by atoms with van der Waals surface area (Å²) in [7, 11) is -2.88. The molecule has 31 heavy (non-hydrogen) atoms. The van der Waals surface area contributed by atoms with Gasteiger partial charge in [-0.1, -0.05) is 17.7 Å². The minimum Gasteiger partial charge on any atom is -0.392 e. The number of ether oxygens (including phenoxy) is 1. The number of hydrogen-bond donors (Lipinski definition) is 3. The van der Waals surface area contributed by atoms with Crippen molar-refractivity contribution in [2.24, 2.45) is 0 Å². The normalized spacial score (nSPS) is 21.5. The molecular formula is C20H23ClF2N2O5S. The topological polar surface area (TPSA) is 99.1 Å². The van der Waals surface area contributed by atoms with E-state index in [0.29, 0.717) is 12.8 Å². The van der Waals surface area contributed by atoms with Gasteiger partial charge in [-0.15, -0.1) is 0 Å². The average molecular weight is 477 g/mol. The zero-order valence-electron chi connectivity index (χ0n) is 16.6. The van der Waals surface area contributed by atoms with Crippen LogP contribution in [0.3, 0.4) is 0 Å². The molecule has 3 rings (SSSR count). The smallest absolute Gasteiger partial charge is 0.246 e. The van der Waals surface area contributed by atoms with Crippen molar-refractivity contribution in [1.82, 2.24) is 4.31 Å². The van der Waals surface area contributed by atoms with Gasteiger partial charge in [0.1, 0.15) is 16.5 Å². The lowest BCUT2D eigenvalue weighted by atomic mass is 10.1. The Hall–Kier alpha value is -1.82. The molecule has 0 saturated carbocycles. The second kappa shape index (κ2) is 9.76. The van der Waals surface area contributed by atoms with Gasteiger partial charge >= 0.3 is 0 Å². The van der Waals surface area contributed by atoms with Crippen molar-refractivity contribution >= 4 is 27.3 Å². The number of nitrogens with zero attached hydrogens (tertiary/aromatic N) is 1. The fraction of sp³-hybridized carbons (Fsp3) is 0.400. The molecule has 1 heterocycles. The number of sulfonamides is 1. The maximum atomic E-state index is 14.5. The van der Waals surface area contributed by atoms with Crippen molar-refractivity contribution in [2.45, 2.75) is 36.2 Å². The molecule has 11 heteroatoms. The fourth-order valence-electron chi connectivity index (χ4n) is 3.34. The van der Waals surface area contributed by atoms with E-state index in [0.717, 1.165) is 22.5 Å². The lowest BCUT2D eigenvalue weighted by Crippen LogP contribution is -2.40. The second-order valence-electron chi connectivity index (χ2n) is 7.28. The van der Waals surface area contributed by atoms with E-state index in [1.165, 1.54) is 25.3 Å². The highest BCUT2D eigenvalue weighted by atomic mass is 35.5. The zero-order chi connectivity index (χ0) is 22.8. The number of benzene rings is 2. The zero-order valence-corrected chi connectivity index (χ0v) is 18.2. The van der Waals surface area contributed by atoms with Gasteiger partial charge in [-0.05, 0) is 43.2 Å². The predicted molar refractivity (Wildman–Crippen MR) is 111 cm³/mol. The summed E-state index contributed by atoms with van der Waals surface area (Å²) in [6, 6.07) is 6.89. The summed E-state index contributed by atoms with van der Waals surface area (Å²) in [6.07, 6.45) is -1.94. The minimum absolute atomic E-state index is 0.0333. The molecule has 1 saturated heterocycles. The highest BCUT2D eigenvalue weighted by Gasteiger charge is 2.34. The van der Waals surface area contributed by atoms with Crippen LogP contribution in [0.15, 0.2) is 41.3 Å². The molecule has 1 aliphatic heterocycles. The summed E-state index contributed by atoms with van der Waals surface area (Å²) in [6.45, 7) is -0.227. The SMILES string of the molecule is COC1CCC(O)CN(S(=O)(=O)c2cc(C(O)Nc3ccc(F)c(Cl)c3)ccc2F)C1. The number of halogens is 3. The molecule has 3 unspecified atom stereocenters. The van der Waals surface area contributed by atoms with E-state index < -0.39 is 45.0 Å². The number of methoxy groups -OCH3 is 1. The molecule has 2 aromatic rings. The average Bonchev–Trinajstić information content (AvgIpc) is 2.92. The third-order valence-electron chi connectivity index (χ3n) is 5.09. The third-order valence-corrected chi connectivity index (χ3v) is 7.22. The van der Waals surface area contributed by atoms with E-state index in [1.54, 1.807) is 0 Å². The lowest BCUT2D eigenvalue weighted by Gasteiger charge is -2.25. The molecular weight excluding hydrogens is 454 g/mol. The van der Waals surface area contributed by atoms with Crippen LogP contribution in [0.5, 0.6) is 0 Å². The van der Waals surface area contributed by atoms with Crippen LogP contribution in [-0.4, -0.2) is 55.3 Å². The second-order valence-corrected chi connectivity index (χ2v) is 9.59. The summed E-state index contributed by atoms with van der Waals surface area (Å²) < 4.78 is 60.4. The van der Waals surface area contributed by atoms with Crippen LogP contribution < -0.4 is 5.32 Å². The Bertz CT molecular complexity index is 1040. The number of aliphatic hydroxyl groups is 2. The van der Waals surface area contributed by atoms with Gasteiger partial charge in [-0.3, -0.25) is 0 Å². The molecule has 0 aromatic heterocycles. The van der Waals surface area contributed by atoms with E-state index in [2.05, 4.69) is 5.32 Å². The Kier molecular flexibility index (Phi) is 7.51. The summed E-state index contributed by atoms with van der Waals surface area (Å²) >= 11 is 5.72. The quantitative estimate of drug-likeness (QED) is 0.554. The van der Waals surface area contributed by atoms with E-state index in [1.807, 2.05) is 0 Å². The highest BCUT2D eigenvalue weighted by Crippen LogP contribution is 2.28. The Morgan fingerprint density at radius 2 is 1.87 bits per heavy atom. The summed E-state index contributed by atoms with van der Waals surface area (Å²) in [5.41, 5.74) is 0.352. The molecule has 0 radical (unpaired) electrons. The van der Waals surface area contributed by atoms with Crippen LogP contribution in [0, 0.1) is 11.6 Å². The molecule has 1 aliphatic rings. The highest BCUT2D eigenvalue weighted by molar-refractivity contribution is 7.89. The fourth-order valence-corrected chi connectivity index (χ4v) is 5.13. The molecule has 0 amide bonds. The van der Waals surface area contributed by atoms with Crippen LogP contribution in [0.2, 0.25) is 5.02 Å². The van der Waals surface area contributed by atoms with Crippen LogP contribution in [0.1, 0.15) is 24.6 Å². The first kappa shape index (κ1) is 23.8. The number of hydrogen-bond acceptors (Lipinski definition) is 6. The summed E-state index contributed by atoms with van der Waals surface area (Å²) in [4.78, 5) is -0.632. The molecule has 0 aliphatic carbocycles. The van der Waals surface area contributed by atoms with Crippen molar-refractivity contribution < 1.29 is 32.1 Å². The van der Waals surface area contributed by atoms with Gasteiger partial charge in [0.15, 0.2) is 6.23 Å². The van der Waals surface area contributed by atoms with E-state index >= 15 is 0 Å². The van der Waals surface area contributed by atoms with Crippen LogP contribution in [-0.2, 0) is 14.8 Å². The van der Waals surface area contributed by atoms with Crippen LogP contribution >= 0.6 is 11.6 Å². The minimum atomic E-state index is -4.32. The molecule has 2 aromatic carbocycles. The molecule has 170 valence electrons. The van der Waals surface area contributed by atoms with Crippen molar-refractivity contribution in [1.29, 1.82) is 0 Å². The summed E-state index contributed by atoms with van der Waals surface area (Å²) in [5.74, 6) is -1.63. The van der Waals surface area contributed by atoms with Gasteiger partial charge in [-0.25, -0.2) is 17.2 Å². The van der Waals surface area contributed by atoms with Gasteiger partial charge in [0.2, 0.25) is 10.0 Å². The number of nitrogens with one attached hydrogen (secondary N) is 1. The number of aliphatic hydroxyl groups excluding tert-OH is 2. The molecule has 7 nitrogen and oxygen atoms in total. The molecule has 0 bridgehead atoms. The summed E-state index contributed by atoms with van der Waals surface area (Å²) in [5, 5.41) is 23.0. The molecule has 3 atom stereocenters. The molecule has 1 fully saturated rings. The standard InChI is InChI=1S/C20H23ClF2N2O5S/c1-30-15-5-4-14(26)10-25(11-15)31(28,29)19-8-12(2-6-18(19)23)20(27)24-13-3-7-17(22)16(21)9-13/h2-3,6-9,14-15,20,24,26-27H,4-5,10-11H2,1H3. The third kappa shape index (κ3) is 5.51.